The molecule has 3 aliphatic rings. The summed E-state index contributed by atoms with van der Waals surface area (Å²) >= 11 is 0. The summed E-state index contributed by atoms with van der Waals surface area (Å²) < 4.78 is 16.5. The first-order valence-corrected chi connectivity index (χ1v) is 11.4. The molecule has 8 heteroatoms. The highest BCUT2D eigenvalue weighted by atomic mass is 16.5. The van der Waals surface area contributed by atoms with Gasteiger partial charge in [-0.25, -0.2) is 4.98 Å². The van der Waals surface area contributed by atoms with E-state index in [1.165, 1.54) is 23.1 Å². The molecule has 0 aliphatic carbocycles. The summed E-state index contributed by atoms with van der Waals surface area (Å²) in [4.78, 5) is 33.2. The normalized spacial score (nSPS) is 17.8. The van der Waals surface area contributed by atoms with Crippen LogP contribution in [0.15, 0.2) is 18.2 Å². The molecular weight excluding hydrogens is 422 g/mol. The predicted octanol–water partition coefficient (Wildman–Crippen LogP) is 2.91. The number of esters is 1. The van der Waals surface area contributed by atoms with Gasteiger partial charge in [-0.3, -0.25) is 9.59 Å². The molecule has 0 N–H and O–H groups in total. The van der Waals surface area contributed by atoms with Gasteiger partial charge in [-0.05, 0) is 48.2 Å². The zero-order valence-electron chi connectivity index (χ0n) is 19.3. The standard InChI is InChI=1S/C25H29N3O5/c1-15-16(2)24(26-21-11-28(12-22(29)31-3)25(30)23(15)21)27-8-6-19(7-9-27)33-20-5-4-17-13-32-14-18(17)10-20/h4-5,10,19H,6-9,11-14H2,1-3H3. The van der Waals surface area contributed by atoms with E-state index in [2.05, 4.69) is 17.0 Å². The van der Waals surface area contributed by atoms with E-state index in [1.54, 1.807) is 0 Å². The zero-order chi connectivity index (χ0) is 23.1. The van der Waals surface area contributed by atoms with E-state index < -0.39 is 5.97 Å². The number of pyridine rings is 1. The highest BCUT2D eigenvalue weighted by molar-refractivity contribution is 6.01. The summed E-state index contributed by atoms with van der Waals surface area (Å²) in [5.41, 5.74) is 5.77. The fourth-order valence-corrected chi connectivity index (χ4v) is 4.90. The lowest BCUT2D eigenvalue weighted by Crippen LogP contribution is -2.39. The Hall–Kier alpha value is -3.13. The molecule has 8 nitrogen and oxygen atoms in total. The Kier molecular flexibility index (Phi) is 5.70. The minimum absolute atomic E-state index is 0.0585. The van der Waals surface area contributed by atoms with Crippen molar-refractivity contribution in [2.45, 2.75) is 52.6 Å². The van der Waals surface area contributed by atoms with E-state index in [1.807, 2.05) is 19.9 Å². The summed E-state index contributed by atoms with van der Waals surface area (Å²) in [7, 11) is 1.33. The van der Waals surface area contributed by atoms with E-state index in [9.17, 15) is 9.59 Å². The largest absolute Gasteiger partial charge is 0.490 e. The quantitative estimate of drug-likeness (QED) is 0.647. The maximum Gasteiger partial charge on any atom is 0.325 e. The van der Waals surface area contributed by atoms with Crippen LogP contribution in [0.5, 0.6) is 5.75 Å². The molecular formula is C25H29N3O5. The smallest absolute Gasteiger partial charge is 0.325 e. The number of anilines is 1. The Morgan fingerprint density at radius 2 is 1.91 bits per heavy atom. The minimum atomic E-state index is -0.427. The molecule has 1 aromatic carbocycles. The van der Waals surface area contributed by atoms with Crippen LogP contribution in [0.3, 0.4) is 0 Å². The molecule has 0 unspecified atom stereocenters. The van der Waals surface area contributed by atoms with Crippen molar-refractivity contribution in [2.75, 3.05) is 31.6 Å². The molecule has 5 rings (SSSR count). The lowest BCUT2D eigenvalue weighted by atomic mass is 10.0. The van der Waals surface area contributed by atoms with E-state index >= 15 is 0 Å². The Labute approximate surface area is 193 Å². The van der Waals surface area contributed by atoms with Crippen LogP contribution in [0.4, 0.5) is 5.82 Å². The average molecular weight is 452 g/mol. The van der Waals surface area contributed by atoms with Crippen LogP contribution < -0.4 is 9.64 Å². The van der Waals surface area contributed by atoms with Gasteiger partial charge in [0.25, 0.3) is 5.91 Å². The number of benzene rings is 1. The van der Waals surface area contributed by atoms with Crippen molar-refractivity contribution in [1.82, 2.24) is 9.88 Å². The Morgan fingerprint density at radius 1 is 1.15 bits per heavy atom. The van der Waals surface area contributed by atoms with Gasteiger partial charge in [0.2, 0.25) is 0 Å². The molecule has 0 saturated carbocycles. The van der Waals surface area contributed by atoms with E-state index in [-0.39, 0.29) is 18.6 Å². The summed E-state index contributed by atoms with van der Waals surface area (Å²) in [6, 6.07) is 6.23. The molecule has 1 saturated heterocycles. The lowest BCUT2D eigenvalue weighted by molar-refractivity contribution is -0.141. The third-order valence-corrected chi connectivity index (χ3v) is 6.93. The van der Waals surface area contributed by atoms with Crippen LogP contribution in [0.25, 0.3) is 0 Å². The number of nitrogens with zero attached hydrogens (tertiary/aromatic N) is 3. The van der Waals surface area contributed by atoms with Crippen molar-refractivity contribution in [3.8, 4) is 5.75 Å². The number of methoxy groups -OCH3 is 1. The van der Waals surface area contributed by atoms with E-state index in [0.717, 1.165) is 54.3 Å². The van der Waals surface area contributed by atoms with Crippen molar-refractivity contribution in [3.05, 3.63) is 51.7 Å². The number of hydrogen-bond donors (Lipinski definition) is 0. The number of carbonyl (C=O) groups is 2. The highest BCUT2D eigenvalue weighted by Crippen LogP contribution is 2.33. The number of carbonyl (C=O) groups excluding carboxylic acids is 2. The van der Waals surface area contributed by atoms with Crippen molar-refractivity contribution in [1.29, 1.82) is 0 Å². The number of aromatic nitrogens is 1. The summed E-state index contributed by atoms with van der Waals surface area (Å²) in [5.74, 6) is 1.25. The number of hydrogen-bond acceptors (Lipinski definition) is 7. The monoisotopic (exact) mass is 451 g/mol. The SMILES string of the molecule is COC(=O)CN1Cc2nc(N3CCC(Oc4ccc5c(c4)COC5)CC3)c(C)c(C)c2C1=O. The van der Waals surface area contributed by atoms with E-state index in [0.29, 0.717) is 25.3 Å². The van der Waals surface area contributed by atoms with Crippen LogP contribution in [0.2, 0.25) is 0 Å². The summed E-state index contributed by atoms with van der Waals surface area (Å²) in [6.07, 6.45) is 1.96. The van der Waals surface area contributed by atoms with Crippen molar-refractivity contribution in [2.24, 2.45) is 0 Å². The zero-order valence-corrected chi connectivity index (χ0v) is 19.3. The van der Waals surface area contributed by atoms with Crippen LogP contribution in [-0.4, -0.2) is 54.6 Å². The Bertz CT molecular complexity index is 1110. The van der Waals surface area contributed by atoms with Gasteiger partial charge < -0.3 is 24.0 Å². The highest BCUT2D eigenvalue weighted by Gasteiger charge is 2.34. The second kappa shape index (κ2) is 8.67. The second-order valence-electron chi connectivity index (χ2n) is 8.97. The molecule has 1 aromatic heterocycles. The van der Waals surface area contributed by atoms with Crippen molar-refractivity contribution >= 4 is 17.7 Å². The fourth-order valence-electron chi connectivity index (χ4n) is 4.90. The van der Waals surface area contributed by atoms with Gasteiger partial charge in [0.15, 0.2) is 0 Å². The first kappa shape index (κ1) is 21.7. The van der Waals surface area contributed by atoms with Crippen molar-refractivity contribution in [3.63, 3.8) is 0 Å². The van der Waals surface area contributed by atoms with Gasteiger partial charge in [-0.1, -0.05) is 6.07 Å². The average Bonchev–Trinajstić information content (AvgIpc) is 3.40. The number of rotatable bonds is 5. The number of fused-ring (bicyclic) bond motifs is 2. The number of amides is 1. The molecule has 174 valence electrons. The molecule has 0 radical (unpaired) electrons. The Morgan fingerprint density at radius 3 is 2.67 bits per heavy atom. The molecule has 4 heterocycles. The van der Waals surface area contributed by atoms with Crippen LogP contribution in [0, 0.1) is 13.8 Å². The maximum absolute atomic E-state index is 12.8. The maximum atomic E-state index is 12.8. The molecule has 0 spiro atoms. The van der Waals surface area contributed by atoms with Gasteiger partial charge in [-0.2, -0.15) is 0 Å². The lowest BCUT2D eigenvalue weighted by Gasteiger charge is -2.34. The van der Waals surface area contributed by atoms with Crippen LogP contribution in [-0.2, 0) is 34.0 Å². The van der Waals surface area contributed by atoms with Gasteiger partial charge in [0, 0.05) is 25.9 Å². The van der Waals surface area contributed by atoms with Gasteiger partial charge in [0.05, 0.1) is 38.1 Å². The molecule has 33 heavy (non-hydrogen) atoms. The molecule has 0 bridgehead atoms. The van der Waals surface area contributed by atoms with E-state index in [4.69, 9.17) is 19.2 Å². The Balaban J connectivity index is 1.27. The molecule has 1 fully saturated rings. The predicted molar refractivity (Wildman–Crippen MR) is 121 cm³/mol. The van der Waals surface area contributed by atoms with Crippen LogP contribution >= 0.6 is 0 Å². The minimum Gasteiger partial charge on any atom is -0.490 e. The van der Waals surface area contributed by atoms with Crippen LogP contribution in [0.1, 0.15) is 51.1 Å². The second-order valence-corrected chi connectivity index (χ2v) is 8.97. The number of piperidine rings is 1. The summed E-state index contributed by atoms with van der Waals surface area (Å²) in [5, 5.41) is 0. The van der Waals surface area contributed by atoms with Gasteiger partial charge in [0.1, 0.15) is 24.2 Å². The first-order valence-electron chi connectivity index (χ1n) is 11.4. The third-order valence-electron chi connectivity index (χ3n) is 6.93. The molecule has 2 aromatic rings. The van der Waals surface area contributed by atoms with Gasteiger partial charge >= 0.3 is 5.97 Å². The van der Waals surface area contributed by atoms with Crippen molar-refractivity contribution < 1.29 is 23.8 Å². The topological polar surface area (TPSA) is 81.2 Å². The number of ether oxygens (including phenoxy) is 3. The molecule has 3 aliphatic heterocycles. The van der Waals surface area contributed by atoms with Gasteiger partial charge in [-0.15, -0.1) is 0 Å². The third kappa shape index (κ3) is 4.04. The molecule has 0 atom stereocenters. The summed E-state index contributed by atoms with van der Waals surface area (Å²) in [6.45, 7) is 7.28. The molecule has 1 amide bonds. The fraction of sp³-hybridized carbons (Fsp3) is 0.480. The first-order chi connectivity index (χ1) is 15.9.